The van der Waals surface area contributed by atoms with E-state index in [1.165, 1.54) is 16.5 Å². The van der Waals surface area contributed by atoms with Gasteiger partial charge in [-0.15, -0.1) is 0 Å². The number of hydrogen-bond acceptors (Lipinski definition) is 1. The van der Waals surface area contributed by atoms with Gasteiger partial charge < -0.3 is 0 Å². The first-order valence-corrected chi connectivity index (χ1v) is 8.23. The number of fused-ring (bicyclic) bond motifs is 1. The lowest BCUT2D eigenvalue weighted by Gasteiger charge is -2.13. The summed E-state index contributed by atoms with van der Waals surface area (Å²) in [6.45, 7) is 2.12. The molecule has 1 heteroatoms. The lowest BCUT2D eigenvalue weighted by molar-refractivity contribution is 0.103. The highest BCUT2D eigenvalue weighted by Gasteiger charge is 2.19. The number of allylic oxidation sites excluding steroid dienone is 4. The molecule has 0 radical (unpaired) electrons. The third kappa shape index (κ3) is 2.48. The summed E-state index contributed by atoms with van der Waals surface area (Å²) < 4.78 is 0. The van der Waals surface area contributed by atoms with Crippen LogP contribution in [0.5, 0.6) is 0 Å². The standard InChI is InChI=1S/C23H18O/c1-16-8-7-13-20(16)21-14-18-11-5-6-12-19(18)15-22(21)23(24)17-9-3-2-4-10-17/h2-12,14-15H,13H2,1H3. The van der Waals surface area contributed by atoms with Crippen molar-refractivity contribution in [3.05, 3.63) is 101 Å². The van der Waals surface area contributed by atoms with Crippen LogP contribution in [0.25, 0.3) is 16.3 Å². The van der Waals surface area contributed by atoms with Crippen LogP contribution in [0.15, 0.2) is 84.5 Å². The van der Waals surface area contributed by atoms with Gasteiger partial charge in [0.15, 0.2) is 5.78 Å². The summed E-state index contributed by atoms with van der Waals surface area (Å²) >= 11 is 0. The minimum absolute atomic E-state index is 0.0866. The molecule has 0 N–H and O–H groups in total. The molecule has 0 saturated carbocycles. The van der Waals surface area contributed by atoms with Crippen LogP contribution in [0.3, 0.4) is 0 Å². The summed E-state index contributed by atoms with van der Waals surface area (Å²) in [6, 6.07) is 22.0. The molecule has 4 rings (SSSR count). The molecule has 0 saturated heterocycles. The molecule has 0 unspecified atom stereocenters. The molecule has 1 aliphatic rings. The van der Waals surface area contributed by atoms with Crippen LogP contribution in [-0.2, 0) is 0 Å². The van der Waals surface area contributed by atoms with Crippen molar-refractivity contribution in [2.45, 2.75) is 13.3 Å². The second-order valence-corrected chi connectivity index (χ2v) is 6.21. The van der Waals surface area contributed by atoms with Crippen molar-refractivity contribution >= 4 is 22.1 Å². The minimum atomic E-state index is 0.0866. The van der Waals surface area contributed by atoms with E-state index in [1.54, 1.807) is 0 Å². The average Bonchev–Trinajstić information content (AvgIpc) is 3.06. The predicted octanol–water partition coefficient (Wildman–Crippen LogP) is 5.80. The van der Waals surface area contributed by atoms with E-state index < -0.39 is 0 Å². The highest BCUT2D eigenvalue weighted by molar-refractivity contribution is 6.14. The maximum Gasteiger partial charge on any atom is 0.193 e. The molecule has 1 aliphatic carbocycles. The van der Waals surface area contributed by atoms with E-state index in [2.05, 4.69) is 37.3 Å². The minimum Gasteiger partial charge on any atom is -0.289 e. The maximum absolute atomic E-state index is 13.1. The molecule has 1 nitrogen and oxygen atoms in total. The molecule has 3 aromatic rings. The van der Waals surface area contributed by atoms with Gasteiger partial charge >= 0.3 is 0 Å². The summed E-state index contributed by atoms with van der Waals surface area (Å²) in [5.74, 6) is 0.0866. The SMILES string of the molecule is CC1=C(c2cc3ccccc3cc2C(=O)c2ccccc2)CC=C1. The molecule has 0 spiro atoms. The quantitative estimate of drug-likeness (QED) is 0.558. The summed E-state index contributed by atoms with van der Waals surface area (Å²) in [7, 11) is 0. The van der Waals surface area contributed by atoms with Gasteiger partial charge in [-0.1, -0.05) is 66.7 Å². The molecule has 0 fully saturated rings. The monoisotopic (exact) mass is 310 g/mol. The Morgan fingerprint density at radius 2 is 1.54 bits per heavy atom. The molecule has 0 heterocycles. The first-order valence-electron chi connectivity index (χ1n) is 8.23. The Hall–Kier alpha value is -2.93. The first-order chi connectivity index (χ1) is 11.7. The number of carbonyl (C=O) groups is 1. The van der Waals surface area contributed by atoms with Crippen LogP contribution in [0, 0.1) is 0 Å². The largest absolute Gasteiger partial charge is 0.289 e. The maximum atomic E-state index is 13.1. The van der Waals surface area contributed by atoms with Crippen LogP contribution < -0.4 is 0 Å². The highest BCUT2D eigenvalue weighted by Crippen LogP contribution is 2.34. The van der Waals surface area contributed by atoms with Gasteiger partial charge in [-0.3, -0.25) is 4.79 Å². The number of ketones is 1. The van der Waals surface area contributed by atoms with E-state index in [9.17, 15) is 4.79 Å². The molecule has 0 bridgehead atoms. The van der Waals surface area contributed by atoms with Gasteiger partial charge in [0.25, 0.3) is 0 Å². The number of benzene rings is 3. The van der Waals surface area contributed by atoms with Gasteiger partial charge in [-0.2, -0.15) is 0 Å². The van der Waals surface area contributed by atoms with Crippen LogP contribution in [0.2, 0.25) is 0 Å². The Balaban J connectivity index is 1.96. The Kier molecular flexibility index (Phi) is 3.62. The topological polar surface area (TPSA) is 17.1 Å². The van der Waals surface area contributed by atoms with E-state index >= 15 is 0 Å². The van der Waals surface area contributed by atoms with Crippen molar-refractivity contribution in [3.8, 4) is 0 Å². The molecular weight excluding hydrogens is 292 g/mol. The fourth-order valence-corrected chi connectivity index (χ4v) is 3.36. The molecule has 3 aromatic carbocycles. The van der Waals surface area contributed by atoms with Crippen molar-refractivity contribution in [1.82, 2.24) is 0 Å². The van der Waals surface area contributed by atoms with Crippen LogP contribution in [0.1, 0.15) is 34.8 Å². The lowest BCUT2D eigenvalue weighted by atomic mass is 9.89. The van der Waals surface area contributed by atoms with Crippen LogP contribution in [-0.4, -0.2) is 5.78 Å². The molecule has 0 aliphatic heterocycles. The Bertz CT molecular complexity index is 991. The molecule has 0 amide bonds. The third-order valence-electron chi connectivity index (χ3n) is 4.66. The zero-order chi connectivity index (χ0) is 16.5. The summed E-state index contributed by atoms with van der Waals surface area (Å²) in [6.07, 6.45) is 5.19. The third-order valence-corrected chi connectivity index (χ3v) is 4.66. The van der Waals surface area contributed by atoms with Gasteiger partial charge in [0.2, 0.25) is 0 Å². The lowest BCUT2D eigenvalue weighted by Crippen LogP contribution is -2.05. The van der Waals surface area contributed by atoms with Crippen molar-refractivity contribution in [2.75, 3.05) is 0 Å². The Morgan fingerprint density at radius 3 is 2.21 bits per heavy atom. The molecule has 0 aromatic heterocycles. The van der Waals surface area contributed by atoms with Gasteiger partial charge in [0.1, 0.15) is 0 Å². The summed E-state index contributed by atoms with van der Waals surface area (Å²) in [4.78, 5) is 13.1. The molecule has 116 valence electrons. The average molecular weight is 310 g/mol. The Morgan fingerprint density at radius 1 is 0.875 bits per heavy atom. The van der Waals surface area contributed by atoms with Crippen LogP contribution in [0.4, 0.5) is 0 Å². The zero-order valence-electron chi connectivity index (χ0n) is 13.6. The van der Waals surface area contributed by atoms with Crippen molar-refractivity contribution in [2.24, 2.45) is 0 Å². The van der Waals surface area contributed by atoms with Gasteiger partial charge in [0.05, 0.1) is 0 Å². The predicted molar refractivity (Wildman–Crippen MR) is 100 cm³/mol. The smallest absolute Gasteiger partial charge is 0.193 e. The fourth-order valence-electron chi connectivity index (χ4n) is 3.36. The van der Waals surface area contributed by atoms with E-state index in [-0.39, 0.29) is 5.78 Å². The first kappa shape index (κ1) is 14.6. The van der Waals surface area contributed by atoms with E-state index in [0.29, 0.717) is 0 Å². The molecule has 0 atom stereocenters. The number of rotatable bonds is 3. The van der Waals surface area contributed by atoms with Crippen molar-refractivity contribution < 1.29 is 4.79 Å². The van der Waals surface area contributed by atoms with Gasteiger partial charge in [-0.05, 0) is 53.0 Å². The number of hydrogen-bond donors (Lipinski definition) is 0. The van der Waals surface area contributed by atoms with E-state index in [4.69, 9.17) is 0 Å². The molecular formula is C23H18O. The Labute approximate surface area is 142 Å². The van der Waals surface area contributed by atoms with Gasteiger partial charge in [0, 0.05) is 11.1 Å². The van der Waals surface area contributed by atoms with Crippen molar-refractivity contribution in [3.63, 3.8) is 0 Å². The van der Waals surface area contributed by atoms with Crippen molar-refractivity contribution in [1.29, 1.82) is 0 Å². The zero-order valence-corrected chi connectivity index (χ0v) is 13.6. The normalized spacial score (nSPS) is 13.7. The highest BCUT2D eigenvalue weighted by atomic mass is 16.1. The number of carbonyl (C=O) groups excluding carboxylic acids is 1. The second kappa shape index (κ2) is 5.93. The van der Waals surface area contributed by atoms with E-state index in [1.807, 2.05) is 48.5 Å². The van der Waals surface area contributed by atoms with Crippen LogP contribution >= 0.6 is 0 Å². The summed E-state index contributed by atoms with van der Waals surface area (Å²) in [5.41, 5.74) is 5.08. The van der Waals surface area contributed by atoms with Gasteiger partial charge in [-0.25, -0.2) is 0 Å². The van der Waals surface area contributed by atoms with E-state index in [0.717, 1.165) is 28.5 Å². The second-order valence-electron chi connectivity index (χ2n) is 6.21. The summed E-state index contributed by atoms with van der Waals surface area (Å²) in [5, 5.41) is 2.27. The fraction of sp³-hybridized carbons (Fsp3) is 0.0870. The molecule has 24 heavy (non-hydrogen) atoms.